The van der Waals surface area contributed by atoms with Crippen molar-refractivity contribution in [2.75, 3.05) is 6.54 Å². The van der Waals surface area contributed by atoms with Crippen molar-refractivity contribution in [3.63, 3.8) is 0 Å². The van der Waals surface area contributed by atoms with Gasteiger partial charge in [0.25, 0.3) is 5.91 Å². The molecule has 1 amide bonds. The predicted octanol–water partition coefficient (Wildman–Crippen LogP) is 1.99. The normalized spacial score (nSPS) is 13.7. The third-order valence-electron chi connectivity index (χ3n) is 4.36. The van der Waals surface area contributed by atoms with Gasteiger partial charge in [-0.15, -0.1) is 0 Å². The Bertz CT molecular complexity index is 902. The molecular weight excluding hydrogens is 336 g/mol. The summed E-state index contributed by atoms with van der Waals surface area (Å²) in [6, 6.07) is 9.14. The molecule has 0 unspecified atom stereocenters. The fourth-order valence-corrected chi connectivity index (χ4v) is 3.00. The van der Waals surface area contributed by atoms with E-state index in [1.165, 1.54) is 10.8 Å². The first-order chi connectivity index (χ1) is 12.4. The molecule has 0 atom stereocenters. The van der Waals surface area contributed by atoms with Crippen molar-refractivity contribution in [1.82, 2.24) is 9.47 Å². The van der Waals surface area contributed by atoms with Gasteiger partial charge in [-0.3, -0.25) is 9.59 Å². The predicted molar refractivity (Wildman–Crippen MR) is 94.6 cm³/mol. The third-order valence-corrected chi connectivity index (χ3v) is 4.36. The van der Waals surface area contributed by atoms with Crippen LogP contribution in [0.3, 0.4) is 0 Å². The second kappa shape index (κ2) is 7.03. The highest BCUT2D eigenvalue weighted by atomic mass is 16.5. The van der Waals surface area contributed by atoms with E-state index in [-0.39, 0.29) is 30.0 Å². The van der Waals surface area contributed by atoms with Gasteiger partial charge in [-0.25, -0.2) is 4.79 Å². The van der Waals surface area contributed by atoms with Crippen molar-refractivity contribution in [3.8, 4) is 5.75 Å². The average Bonchev–Trinajstić information content (AvgIpc) is 2.61. The van der Waals surface area contributed by atoms with E-state index >= 15 is 0 Å². The van der Waals surface area contributed by atoms with Crippen LogP contribution in [-0.4, -0.2) is 39.0 Å². The van der Waals surface area contributed by atoms with Crippen molar-refractivity contribution in [2.24, 2.45) is 0 Å². The van der Waals surface area contributed by atoms with E-state index in [9.17, 15) is 19.5 Å². The van der Waals surface area contributed by atoms with Gasteiger partial charge in [0.05, 0.1) is 0 Å². The Morgan fingerprint density at radius 3 is 2.50 bits per heavy atom. The number of carboxylic acid groups (broad SMARTS) is 1. The van der Waals surface area contributed by atoms with E-state index in [1.54, 1.807) is 4.90 Å². The Hall–Kier alpha value is -3.09. The molecule has 7 heteroatoms. The summed E-state index contributed by atoms with van der Waals surface area (Å²) >= 11 is 0. The summed E-state index contributed by atoms with van der Waals surface area (Å²) in [4.78, 5) is 38.6. The first-order valence-corrected chi connectivity index (χ1v) is 8.38. The van der Waals surface area contributed by atoms with E-state index < -0.39 is 17.0 Å². The lowest BCUT2D eigenvalue weighted by Gasteiger charge is -2.33. The number of carbonyl (C=O) groups is 2. The molecule has 1 aliphatic heterocycles. The SMILES string of the molecule is CC(C)N1CCn2cc(C(=O)O)c(=O)c(OCc3ccccc3)c2C1=O. The van der Waals surface area contributed by atoms with Crippen molar-refractivity contribution < 1.29 is 19.4 Å². The van der Waals surface area contributed by atoms with Gasteiger partial charge in [-0.1, -0.05) is 30.3 Å². The summed E-state index contributed by atoms with van der Waals surface area (Å²) in [5, 5.41) is 9.32. The Kier molecular flexibility index (Phi) is 4.79. The van der Waals surface area contributed by atoms with Crippen molar-refractivity contribution >= 4 is 11.9 Å². The summed E-state index contributed by atoms with van der Waals surface area (Å²) in [5.74, 6) is -1.87. The standard InChI is InChI=1S/C19H20N2O5/c1-12(2)21-9-8-20-10-14(19(24)25)16(22)17(15(20)18(21)23)26-11-13-6-4-3-5-7-13/h3-7,10,12H,8-9,11H2,1-2H3,(H,24,25). The summed E-state index contributed by atoms with van der Waals surface area (Å²) in [7, 11) is 0. The highest BCUT2D eigenvalue weighted by Crippen LogP contribution is 2.23. The summed E-state index contributed by atoms with van der Waals surface area (Å²) in [5.41, 5.74) is -0.257. The van der Waals surface area contributed by atoms with E-state index in [1.807, 2.05) is 44.2 Å². The van der Waals surface area contributed by atoms with E-state index in [4.69, 9.17) is 4.74 Å². The maximum absolute atomic E-state index is 12.9. The molecule has 0 radical (unpaired) electrons. The van der Waals surface area contributed by atoms with Crippen LogP contribution in [0.5, 0.6) is 5.75 Å². The maximum atomic E-state index is 12.9. The quantitative estimate of drug-likeness (QED) is 0.885. The number of aromatic nitrogens is 1. The molecule has 0 spiro atoms. The van der Waals surface area contributed by atoms with Crippen molar-refractivity contribution in [3.05, 3.63) is 63.6 Å². The molecule has 0 aliphatic carbocycles. The average molecular weight is 356 g/mol. The molecule has 0 fully saturated rings. The molecule has 3 rings (SSSR count). The maximum Gasteiger partial charge on any atom is 0.341 e. The molecule has 0 saturated carbocycles. The number of benzene rings is 1. The first kappa shape index (κ1) is 17.7. The molecule has 2 aromatic rings. The molecular formula is C19H20N2O5. The third kappa shape index (κ3) is 3.20. The lowest BCUT2D eigenvalue weighted by atomic mass is 10.1. The number of carboxylic acids is 1. The molecule has 1 aromatic carbocycles. The van der Waals surface area contributed by atoms with Crippen molar-refractivity contribution in [2.45, 2.75) is 33.0 Å². The number of hydrogen-bond acceptors (Lipinski definition) is 4. The minimum atomic E-state index is -1.34. The van der Waals surface area contributed by atoms with Crippen LogP contribution in [0.4, 0.5) is 0 Å². The van der Waals surface area contributed by atoms with Crippen molar-refractivity contribution in [1.29, 1.82) is 0 Å². The summed E-state index contributed by atoms with van der Waals surface area (Å²) in [6.07, 6.45) is 1.23. The van der Waals surface area contributed by atoms with Gasteiger partial charge < -0.3 is 19.3 Å². The molecule has 26 heavy (non-hydrogen) atoms. The van der Waals surface area contributed by atoms with Gasteiger partial charge in [0.2, 0.25) is 5.43 Å². The number of fused-ring (bicyclic) bond motifs is 1. The van der Waals surface area contributed by atoms with Crippen LogP contribution in [0, 0.1) is 0 Å². The zero-order chi connectivity index (χ0) is 18.8. The number of amides is 1. The van der Waals surface area contributed by atoms with Crippen LogP contribution in [0.15, 0.2) is 41.3 Å². The summed E-state index contributed by atoms with van der Waals surface area (Å²) < 4.78 is 7.17. The number of hydrogen-bond donors (Lipinski definition) is 1. The minimum Gasteiger partial charge on any atom is -0.483 e. The van der Waals surface area contributed by atoms with E-state index in [0.717, 1.165) is 5.56 Å². The number of pyridine rings is 1. The molecule has 136 valence electrons. The zero-order valence-corrected chi connectivity index (χ0v) is 14.6. The first-order valence-electron chi connectivity index (χ1n) is 8.38. The van der Waals surface area contributed by atoms with Crippen LogP contribution >= 0.6 is 0 Å². The molecule has 1 aromatic heterocycles. The van der Waals surface area contributed by atoms with E-state index in [2.05, 4.69) is 0 Å². The number of nitrogens with zero attached hydrogens (tertiary/aromatic N) is 2. The molecule has 2 heterocycles. The second-order valence-corrected chi connectivity index (χ2v) is 6.41. The van der Waals surface area contributed by atoms with Crippen LogP contribution in [0.25, 0.3) is 0 Å². The zero-order valence-electron chi connectivity index (χ0n) is 14.6. The van der Waals surface area contributed by atoms with Gasteiger partial charge >= 0.3 is 5.97 Å². The van der Waals surface area contributed by atoms with Gasteiger partial charge in [0.1, 0.15) is 12.2 Å². The lowest BCUT2D eigenvalue weighted by molar-refractivity contribution is 0.0628. The molecule has 0 saturated heterocycles. The second-order valence-electron chi connectivity index (χ2n) is 6.41. The number of carbonyl (C=O) groups excluding carboxylic acids is 1. The molecule has 1 N–H and O–H groups in total. The smallest absolute Gasteiger partial charge is 0.341 e. The molecule has 0 bridgehead atoms. The molecule has 7 nitrogen and oxygen atoms in total. The fourth-order valence-electron chi connectivity index (χ4n) is 3.00. The lowest BCUT2D eigenvalue weighted by Crippen LogP contribution is -2.46. The van der Waals surface area contributed by atoms with Crippen LogP contribution < -0.4 is 10.2 Å². The van der Waals surface area contributed by atoms with Crippen LogP contribution in [0.1, 0.15) is 40.3 Å². The topological polar surface area (TPSA) is 88.8 Å². The Morgan fingerprint density at radius 1 is 1.19 bits per heavy atom. The van der Waals surface area contributed by atoms with Gasteiger partial charge in [0, 0.05) is 25.3 Å². The monoisotopic (exact) mass is 356 g/mol. The highest BCUT2D eigenvalue weighted by molar-refractivity contribution is 5.97. The number of rotatable bonds is 5. The van der Waals surface area contributed by atoms with Gasteiger partial charge in [-0.05, 0) is 19.4 Å². The van der Waals surface area contributed by atoms with Gasteiger partial charge in [-0.2, -0.15) is 0 Å². The summed E-state index contributed by atoms with van der Waals surface area (Å²) in [6.45, 7) is 4.70. The number of ether oxygens (including phenoxy) is 1. The Labute approximate surface area is 150 Å². The van der Waals surface area contributed by atoms with Crippen LogP contribution in [-0.2, 0) is 13.2 Å². The Morgan fingerprint density at radius 2 is 1.88 bits per heavy atom. The molecule has 1 aliphatic rings. The highest BCUT2D eigenvalue weighted by Gasteiger charge is 2.32. The largest absolute Gasteiger partial charge is 0.483 e. The minimum absolute atomic E-state index is 0.0347. The Balaban J connectivity index is 2.08. The van der Waals surface area contributed by atoms with Crippen LogP contribution in [0.2, 0.25) is 0 Å². The van der Waals surface area contributed by atoms with E-state index in [0.29, 0.717) is 13.1 Å². The van der Waals surface area contributed by atoms with Gasteiger partial charge in [0.15, 0.2) is 11.4 Å². The fraction of sp³-hybridized carbons (Fsp3) is 0.316. The number of aromatic carboxylic acids is 1.